The summed E-state index contributed by atoms with van der Waals surface area (Å²) in [5.74, 6) is 0.142. The molecule has 0 saturated carbocycles. The van der Waals surface area contributed by atoms with Crippen molar-refractivity contribution < 1.29 is 4.79 Å². The van der Waals surface area contributed by atoms with Crippen LogP contribution in [0.5, 0.6) is 0 Å². The minimum absolute atomic E-state index is 0.000914. The van der Waals surface area contributed by atoms with E-state index in [1.165, 1.54) is 6.07 Å². The molecule has 4 rings (SSSR count). The van der Waals surface area contributed by atoms with Crippen molar-refractivity contribution >= 4 is 22.8 Å². The second kappa shape index (κ2) is 5.77. The standard InChI is InChI=1S/C18H19N5O2/c1-22-14-5-3-2-4-11(14)8-15(22)17(25)23-7-6-12(10-23)13-9-16(24)21-18(19)20-13/h2-5,8-9,12H,6-7,10H2,1H3,(H3,19,20,21,24). The molecule has 1 unspecified atom stereocenters. The maximum Gasteiger partial charge on any atom is 0.270 e. The number of aromatic amines is 1. The monoisotopic (exact) mass is 337 g/mol. The fourth-order valence-corrected chi connectivity index (χ4v) is 3.55. The van der Waals surface area contributed by atoms with Gasteiger partial charge in [0.05, 0.1) is 5.69 Å². The number of hydrogen-bond donors (Lipinski definition) is 2. The Labute approximate surface area is 144 Å². The van der Waals surface area contributed by atoms with Crippen LogP contribution in [0.2, 0.25) is 0 Å². The molecule has 1 aromatic carbocycles. The first-order chi connectivity index (χ1) is 12.0. The summed E-state index contributed by atoms with van der Waals surface area (Å²) in [6.45, 7) is 1.18. The van der Waals surface area contributed by atoms with Crippen LogP contribution >= 0.6 is 0 Å². The molecule has 3 N–H and O–H groups in total. The Balaban J connectivity index is 1.59. The van der Waals surface area contributed by atoms with Gasteiger partial charge in [-0.15, -0.1) is 0 Å². The van der Waals surface area contributed by atoms with Crippen molar-refractivity contribution in [2.24, 2.45) is 7.05 Å². The van der Waals surface area contributed by atoms with Crippen molar-refractivity contribution in [2.45, 2.75) is 12.3 Å². The molecule has 7 nitrogen and oxygen atoms in total. The molecular weight excluding hydrogens is 318 g/mol. The molecule has 1 saturated heterocycles. The van der Waals surface area contributed by atoms with E-state index in [2.05, 4.69) is 9.97 Å². The number of nitrogen functional groups attached to an aromatic ring is 1. The molecule has 2 aromatic heterocycles. The first kappa shape index (κ1) is 15.4. The Morgan fingerprint density at radius 2 is 2.12 bits per heavy atom. The molecule has 3 heterocycles. The van der Waals surface area contributed by atoms with Crippen molar-refractivity contribution in [3.63, 3.8) is 0 Å². The summed E-state index contributed by atoms with van der Waals surface area (Å²) in [5.41, 5.74) is 7.71. The van der Waals surface area contributed by atoms with Crippen LogP contribution in [-0.4, -0.2) is 38.4 Å². The zero-order chi connectivity index (χ0) is 17.6. The lowest BCUT2D eigenvalue weighted by Gasteiger charge is -2.17. The van der Waals surface area contributed by atoms with Gasteiger partial charge in [0.2, 0.25) is 5.95 Å². The van der Waals surface area contributed by atoms with Crippen molar-refractivity contribution in [1.82, 2.24) is 19.4 Å². The van der Waals surface area contributed by atoms with Crippen molar-refractivity contribution in [3.05, 3.63) is 58.1 Å². The molecule has 0 radical (unpaired) electrons. The lowest BCUT2D eigenvalue weighted by molar-refractivity contribution is 0.0781. The third kappa shape index (κ3) is 2.67. The Hall–Kier alpha value is -3.09. The number of para-hydroxylation sites is 1. The molecule has 25 heavy (non-hydrogen) atoms. The van der Waals surface area contributed by atoms with Crippen LogP contribution in [0, 0.1) is 0 Å². The smallest absolute Gasteiger partial charge is 0.270 e. The van der Waals surface area contributed by atoms with Gasteiger partial charge in [-0.2, -0.15) is 0 Å². The van der Waals surface area contributed by atoms with Gasteiger partial charge >= 0.3 is 0 Å². The van der Waals surface area contributed by atoms with Gasteiger partial charge < -0.3 is 15.2 Å². The zero-order valence-corrected chi connectivity index (χ0v) is 13.9. The molecule has 1 aliphatic heterocycles. The summed E-state index contributed by atoms with van der Waals surface area (Å²) in [6.07, 6.45) is 0.769. The van der Waals surface area contributed by atoms with Gasteiger partial charge in [0.15, 0.2) is 0 Å². The van der Waals surface area contributed by atoms with Gasteiger partial charge in [-0.1, -0.05) is 18.2 Å². The summed E-state index contributed by atoms with van der Waals surface area (Å²) >= 11 is 0. The second-order valence-electron chi connectivity index (χ2n) is 6.44. The minimum Gasteiger partial charge on any atom is -0.369 e. The molecule has 0 spiro atoms. The van der Waals surface area contributed by atoms with E-state index in [0.29, 0.717) is 24.5 Å². The average Bonchev–Trinajstić information content (AvgIpc) is 3.19. The number of H-pyrrole nitrogens is 1. The first-order valence-electron chi connectivity index (χ1n) is 8.23. The number of carbonyl (C=O) groups excluding carboxylic acids is 1. The summed E-state index contributed by atoms with van der Waals surface area (Å²) in [6, 6.07) is 11.3. The summed E-state index contributed by atoms with van der Waals surface area (Å²) < 4.78 is 1.93. The molecule has 1 atom stereocenters. The van der Waals surface area contributed by atoms with Crippen LogP contribution in [0.25, 0.3) is 10.9 Å². The van der Waals surface area contributed by atoms with E-state index in [9.17, 15) is 9.59 Å². The number of anilines is 1. The van der Waals surface area contributed by atoms with Gasteiger partial charge in [-0.25, -0.2) is 4.98 Å². The quantitative estimate of drug-likeness (QED) is 0.740. The first-order valence-corrected chi connectivity index (χ1v) is 8.23. The number of aryl methyl sites for hydroxylation is 1. The maximum absolute atomic E-state index is 12.9. The van der Waals surface area contributed by atoms with E-state index in [0.717, 1.165) is 17.3 Å². The van der Waals surface area contributed by atoms with Crippen molar-refractivity contribution in [2.75, 3.05) is 18.8 Å². The average molecular weight is 337 g/mol. The molecule has 3 aromatic rings. The molecule has 7 heteroatoms. The number of rotatable bonds is 2. The van der Waals surface area contributed by atoms with Crippen molar-refractivity contribution in [1.29, 1.82) is 0 Å². The topological polar surface area (TPSA) is 97.0 Å². The number of amides is 1. The molecule has 0 aliphatic carbocycles. The largest absolute Gasteiger partial charge is 0.369 e. The van der Waals surface area contributed by atoms with E-state index in [-0.39, 0.29) is 23.3 Å². The summed E-state index contributed by atoms with van der Waals surface area (Å²) in [5, 5.41) is 1.05. The third-order valence-electron chi connectivity index (χ3n) is 4.84. The molecule has 1 amide bonds. The predicted octanol–water partition coefficient (Wildman–Crippen LogP) is 1.47. The zero-order valence-electron chi connectivity index (χ0n) is 13.9. The minimum atomic E-state index is -0.263. The Morgan fingerprint density at radius 1 is 1.32 bits per heavy atom. The Bertz CT molecular complexity index is 1020. The van der Waals surface area contributed by atoms with E-state index in [1.807, 2.05) is 46.8 Å². The van der Waals surface area contributed by atoms with Gasteiger partial charge in [-0.05, 0) is 18.6 Å². The Morgan fingerprint density at radius 3 is 2.88 bits per heavy atom. The number of benzene rings is 1. The van der Waals surface area contributed by atoms with Gasteiger partial charge in [0.1, 0.15) is 5.69 Å². The number of likely N-dealkylation sites (tertiary alicyclic amines) is 1. The highest BCUT2D eigenvalue weighted by atomic mass is 16.2. The maximum atomic E-state index is 12.9. The number of hydrogen-bond acceptors (Lipinski definition) is 4. The van der Waals surface area contributed by atoms with Crippen LogP contribution in [0.1, 0.15) is 28.5 Å². The lowest BCUT2D eigenvalue weighted by Crippen LogP contribution is -2.30. The van der Waals surface area contributed by atoms with Crippen molar-refractivity contribution in [3.8, 4) is 0 Å². The van der Waals surface area contributed by atoms with Gasteiger partial charge in [-0.3, -0.25) is 14.6 Å². The van der Waals surface area contributed by atoms with Gasteiger partial charge in [0, 0.05) is 43.0 Å². The fraction of sp³-hybridized carbons (Fsp3) is 0.278. The number of fused-ring (bicyclic) bond motifs is 1. The van der Waals surface area contributed by atoms with Crippen LogP contribution in [0.4, 0.5) is 5.95 Å². The van der Waals surface area contributed by atoms with Crippen LogP contribution in [-0.2, 0) is 7.05 Å². The van der Waals surface area contributed by atoms with Crippen LogP contribution < -0.4 is 11.3 Å². The summed E-state index contributed by atoms with van der Waals surface area (Å²) in [4.78, 5) is 33.0. The number of carbonyl (C=O) groups is 1. The van der Waals surface area contributed by atoms with E-state index < -0.39 is 0 Å². The highest BCUT2D eigenvalue weighted by molar-refractivity contribution is 5.98. The highest BCUT2D eigenvalue weighted by Gasteiger charge is 2.30. The molecule has 1 aliphatic rings. The number of nitrogens with zero attached hydrogens (tertiary/aromatic N) is 3. The fourth-order valence-electron chi connectivity index (χ4n) is 3.55. The number of aromatic nitrogens is 3. The molecular formula is C18H19N5O2. The van der Waals surface area contributed by atoms with E-state index in [4.69, 9.17) is 5.73 Å². The lowest BCUT2D eigenvalue weighted by atomic mass is 10.1. The summed E-state index contributed by atoms with van der Waals surface area (Å²) in [7, 11) is 1.90. The second-order valence-corrected chi connectivity index (χ2v) is 6.44. The molecule has 128 valence electrons. The number of nitrogens with two attached hydrogens (primary N) is 1. The Kier molecular flexibility index (Phi) is 3.56. The SMILES string of the molecule is Cn1c(C(=O)N2CCC(c3cc(=O)[nH]c(N)n3)C2)cc2ccccc21. The number of nitrogens with one attached hydrogen (secondary N) is 1. The highest BCUT2D eigenvalue weighted by Crippen LogP contribution is 2.28. The van der Waals surface area contributed by atoms with Crippen LogP contribution in [0.15, 0.2) is 41.2 Å². The van der Waals surface area contributed by atoms with Gasteiger partial charge in [0.25, 0.3) is 11.5 Å². The normalized spacial score (nSPS) is 17.3. The molecule has 1 fully saturated rings. The van der Waals surface area contributed by atoms with Crippen LogP contribution in [0.3, 0.4) is 0 Å². The molecule has 0 bridgehead atoms. The third-order valence-corrected chi connectivity index (χ3v) is 4.84. The van der Waals surface area contributed by atoms with E-state index >= 15 is 0 Å². The van der Waals surface area contributed by atoms with E-state index in [1.54, 1.807) is 0 Å². The predicted molar refractivity (Wildman–Crippen MR) is 95.5 cm³/mol.